The summed E-state index contributed by atoms with van der Waals surface area (Å²) in [6.45, 7) is 1.83. The van der Waals surface area contributed by atoms with Crippen molar-refractivity contribution in [3.05, 3.63) is 79.3 Å². The lowest BCUT2D eigenvalue weighted by molar-refractivity contribution is -0.178. The Hall–Kier alpha value is -3.69. The summed E-state index contributed by atoms with van der Waals surface area (Å²) in [5, 5.41) is 0. The predicted molar refractivity (Wildman–Crippen MR) is 135 cm³/mol. The van der Waals surface area contributed by atoms with E-state index in [1.54, 1.807) is 19.1 Å². The monoisotopic (exact) mass is 634 g/mol. The molecule has 0 N–H and O–H groups in total. The van der Waals surface area contributed by atoms with E-state index in [1.165, 1.54) is 19.2 Å². The first-order valence-corrected chi connectivity index (χ1v) is 12.3. The Balaban J connectivity index is 2.01. The van der Waals surface area contributed by atoms with Gasteiger partial charge in [-0.1, -0.05) is 12.1 Å². The minimum atomic E-state index is -4.99. The maximum atomic E-state index is 14.9. The zero-order valence-corrected chi connectivity index (χ0v) is 22.9. The van der Waals surface area contributed by atoms with Gasteiger partial charge >= 0.3 is 17.8 Å². The molecule has 15 heteroatoms. The quantitative estimate of drug-likeness (QED) is 0.134. The van der Waals surface area contributed by atoms with Crippen molar-refractivity contribution in [2.75, 3.05) is 26.9 Å². The zero-order chi connectivity index (χ0) is 29.6. The van der Waals surface area contributed by atoms with Crippen molar-refractivity contribution in [3.63, 3.8) is 0 Å². The van der Waals surface area contributed by atoms with Gasteiger partial charge in [0.2, 0.25) is 0 Å². The number of esters is 1. The van der Waals surface area contributed by atoms with E-state index in [2.05, 4.69) is 15.9 Å². The number of rotatable bonds is 11. The number of halogens is 5. The fraction of sp³-hybridized carbons (Fsp3) is 0.320. The van der Waals surface area contributed by atoms with Crippen LogP contribution >= 0.6 is 15.9 Å². The molecular weight excluding hydrogens is 612 g/mol. The largest absolute Gasteiger partial charge is 0.459 e. The van der Waals surface area contributed by atoms with Gasteiger partial charge in [-0.25, -0.2) is 18.5 Å². The van der Waals surface area contributed by atoms with E-state index in [1.807, 2.05) is 0 Å². The highest BCUT2D eigenvalue weighted by Crippen LogP contribution is 2.37. The molecule has 1 aromatic heterocycles. The normalized spacial score (nSPS) is 12.2. The van der Waals surface area contributed by atoms with Crippen LogP contribution in [0.1, 0.15) is 12.6 Å². The average Bonchev–Trinajstić information content (AvgIpc) is 2.88. The summed E-state index contributed by atoms with van der Waals surface area (Å²) in [5.74, 6) is -2.07. The molecular formula is C25H23BrF4N2O8. The molecule has 0 bridgehead atoms. The summed E-state index contributed by atoms with van der Waals surface area (Å²) in [6, 6.07) is 8.01. The molecule has 0 saturated heterocycles. The number of para-hydroxylation sites is 2. The first-order valence-electron chi connectivity index (χ1n) is 11.5. The van der Waals surface area contributed by atoms with Gasteiger partial charge in [-0.05, 0) is 41.1 Å². The first kappa shape index (κ1) is 30.8. The highest BCUT2D eigenvalue weighted by atomic mass is 79.9. The fourth-order valence-electron chi connectivity index (χ4n) is 3.35. The van der Waals surface area contributed by atoms with Gasteiger partial charge in [0, 0.05) is 32.9 Å². The second kappa shape index (κ2) is 13.1. The summed E-state index contributed by atoms with van der Waals surface area (Å²) in [5.41, 5.74) is -4.99. The van der Waals surface area contributed by atoms with Crippen LogP contribution in [0.15, 0.2) is 56.5 Å². The molecule has 0 aliphatic heterocycles. The van der Waals surface area contributed by atoms with E-state index < -0.39 is 46.9 Å². The highest BCUT2D eigenvalue weighted by molar-refractivity contribution is 9.10. The molecule has 2 aromatic carbocycles. The van der Waals surface area contributed by atoms with Crippen molar-refractivity contribution in [2.24, 2.45) is 7.05 Å². The number of hydrogen-bond acceptors (Lipinski definition) is 8. The number of nitrogens with zero attached hydrogens (tertiary/aromatic N) is 2. The number of aromatic nitrogens is 2. The first-order chi connectivity index (χ1) is 18.9. The van der Waals surface area contributed by atoms with Gasteiger partial charge in [-0.2, -0.15) is 13.2 Å². The molecule has 0 fully saturated rings. The second-order valence-corrected chi connectivity index (χ2v) is 8.75. The molecule has 1 atom stereocenters. The third kappa shape index (κ3) is 7.08. The Kier molecular flexibility index (Phi) is 10.1. The maximum absolute atomic E-state index is 14.9. The summed E-state index contributed by atoms with van der Waals surface area (Å²) >= 11 is 3.12. The van der Waals surface area contributed by atoms with Gasteiger partial charge in [0.15, 0.2) is 11.5 Å². The van der Waals surface area contributed by atoms with Crippen molar-refractivity contribution >= 4 is 21.9 Å². The summed E-state index contributed by atoms with van der Waals surface area (Å²) < 4.78 is 81.7. The van der Waals surface area contributed by atoms with E-state index in [9.17, 15) is 31.9 Å². The predicted octanol–water partition coefficient (Wildman–Crippen LogP) is 4.18. The molecule has 10 nitrogen and oxygen atoms in total. The van der Waals surface area contributed by atoms with E-state index in [0.29, 0.717) is 0 Å². The zero-order valence-electron chi connectivity index (χ0n) is 21.3. The third-order valence-electron chi connectivity index (χ3n) is 5.20. The minimum absolute atomic E-state index is 0.00261. The topological polar surface area (TPSA) is 107 Å². The molecule has 0 saturated carbocycles. The van der Waals surface area contributed by atoms with Crippen molar-refractivity contribution in [1.82, 2.24) is 9.13 Å². The van der Waals surface area contributed by atoms with Gasteiger partial charge in [0.05, 0.1) is 16.8 Å². The maximum Gasteiger partial charge on any atom is 0.431 e. The molecule has 0 spiro atoms. The lowest BCUT2D eigenvalue weighted by Crippen LogP contribution is -2.41. The lowest BCUT2D eigenvalue weighted by Gasteiger charge is -2.20. The Morgan fingerprint density at radius 1 is 1.05 bits per heavy atom. The van der Waals surface area contributed by atoms with E-state index >= 15 is 0 Å². The van der Waals surface area contributed by atoms with Crippen molar-refractivity contribution < 1.29 is 46.0 Å². The van der Waals surface area contributed by atoms with E-state index in [-0.39, 0.29) is 56.7 Å². The van der Waals surface area contributed by atoms with Gasteiger partial charge in [-0.3, -0.25) is 9.36 Å². The van der Waals surface area contributed by atoms with Gasteiger partial charge < -0.3 is 23.7 Å². The van der Waals surface area contributed by atoms with Crippen LogP contribution in [0.3, 0.4) is 0 Å². The van der Waals surface area contributed by atoms with Crippen LogP contribution < -0.4 is 20.7 Å². The fourth-order valence-corrected chi connectivity index (χ4v) is 3.74. The number of carbonyl (C=O) groups excluding carboxylic acids is 1. The van der Waals surface area contributed by atoms with Crippen LogP contribution in [0, 0.1) is 5.82 Å². The van der Waals surface area contributed by atoms with Crippen LogP contribution in [0.2, 0.25) is 0 Å². The SMILES string of the molecule is CCO[C@@H](Oc1ccccc1Oc1cc(-n2c(=O)cc(C(F)(F)F)n(C)c2=O)c(F)cc1Br)C(=O)OCCOC. The Bertz CT molecular complexity index is 1490. The summed E-state index contributed by atoms with van der Waals surface area (Å²) in [7, 11) is 2.24. The molecule has 3 rings (SSSR count). The summed E-state index contributed by atoms with van der Waals surface area (Å²) in [4.78, 5) is 37.6. The van der Waals surface area contributed by atoms with Crippen molar-refractivity contribution in [2.45, 2.75) is 19.4 Å². The van der Waals surface area contributed by atoms with Crippen LogP contribution in [-0.2, 0) is 32.2 Å². The molecule has 1 heterocycles. The molecule has 3 aromatic rings. The molecule has 0 aliphatic carbocycles. The molecule has 216 valence electrons. The highest BCUT2D eigenvalue weighted by Gasteiger charge is 2.35. The van der Waals surface area contributed by atoms with Crippen LogP contribution in [0.4, 0.5) is 17.6 Å². The standard InChI is InChI=1S/C25H23BrF4N2O8/c1-4-37-23(22(34)38-10-9-36-3)40-18-8-6-5-7-17(18)39-19-12-16(15(27)11-14(19)26)32-21(33)13-20(25(28,29)30)31(2)24(32)35/h5-8,11-13,23H,4,9-10H2,1-3H3/t23-/m0/s1. The number of ether oxygens (including phenoxy) is 5. The van der Waals surface area contributed by atoms with E-state index in [0.717, 1.165) is 19.2 Å². The van der Waals surface area contributed by atoms with Crippen LogP contribution in [-0.4, -0.2) is 48.3 Å². The number of carbonyl (C=O) groups is 1. The second-order valence-electron chi connectivity index (χ2n) is 7.89. The van der Waals surface area contributed by atoms with Gasteiger partial charge in [0.1, 0.15) is 23.9 Å². The molecule has 0 unspecified atom stereocenters. The Labute approximate surface area is 232 Å². The van der Waals surface area contributed by atoms with Crippen molar-refractivity contribution in [3.8, 4) is 22.9 Å². The number of methoxy groups -OCH3 is 1. The van der Waals surface area contributed by atoms with E-state index in [4.69, 9.17) is 23.7 Å². The summed E-state index contributed by atoms with van der Waals surface area (Å²) in [6.07, 6.45) is -6.47. The molecule has 0 aliphatic rings. The lowest BCUT2D eigenvalue weighted by atomic mass is 10.2. The molecule has 0 radical (unpaired) electrons. The third-order valence-corrected chi connectivity index (χ3v) is 5.82. The minimum Gasteiger partial charge on any atom is -0.459 e. The van der Waals surface area contributed by atoms with Crippen LogP contribution in [0.5, 0.6) is 17.2 Å². The van der Waals surface area contributed by atoms with Crippen LogP contribution in [0.25, 0.3) is 5.69 Å². The smallest absolute Gasteiger partial charge is 0.431 e. The number of hydrogen-bond donors (Lipinski definition) is 0. The number of alkyl halides is 3. The average molecular weight is 635 g/mol. The Morgan fingerprint density at radius 3 is 2.35 bits per heavy atom. The van der Waals surface area contributed by atoms with Crippen molar-refractivity contribution in [1.29, 1.82) is 0 Å². The molecule has 40 heavy (non-hydrogen) atoms. The Morgan fingerprint density at radius 2 is 1.73 bits per heavy atom. The molecule has 0 amide bonds. The van der Waals surface area contributed by atoms with Gasteiger partial charge in [0.25, 0.3) is 11.8 Å². The number of benzene rings is 2. The van der Waals surface area contributed by atoms with Gasteiger partial charge in [-0.15, -0.1) is 0 Å².